The zero-order valence-corrected chi connectivity index (χ0v) is 17.3. The van der Waals surface area contributed by atoms with Gasteiger partial charge in [-0.1, -0.05) is 0 Å². The molecule has 162 valence electrons. The fraction of sp³-hybridized carbons (Fsp3) is 0.455. The third-order valence-corrected chi connectivity index (χ3v) is 5.45. The van der Waals surface area contributed by atoms with Gasteiger partial charge in [-0.25, -0.2) is 15.0 Å². The summed E-state index contributed by atoms with van der Waals surface area (Å²) >= 11 is 0. The van der Waals surface area contributed by atoms with E-state index in [1.54, 1.807) is 18.6 Å². The second-order valence-corrected chi connectivity index (χ2v) is 7.67. The van der Waals surface area contributed by atoms with Gasteiger partial charge in [0.15, 0.2) is 5.82 Å². The van der Waals surface area contributed by atoms with Crippen molar-refractivity contribution in [2.24, 2.45) is 0 Å². The van der Waals surface area contributed by atoms with Crippen LogP contribution in [0.2, 0.25) is 0 Å². The summed E-state index contributed by atoms with van der Waals surface area (Å²) in [5, 5.41) is 6.74. The SMILES string of the molecule is c1cnc2c(NCC3CNCCO3)nc(-c3ccc(OC4CCOCC4)nc3)cc2n1. The van der Waals surface area contributed by atoms with Crippen LogP contribution in [0.5, 0.6) is 5.88 Å². The van der Waals surface area contributed by atoms with Crippen molar-refractivity contribution >= 4 is 16.9 Å². The van der Waals surface area contributed by atoms with E-state index in [4.69, 9.17) is 19.2 Å². The van der Waals surface area contributed by atoms with Crippen molar-refractivity contribution < 1.29 is 14.2 Å². The minimum atomic E-state index is 0.0919. The van der Waals surface area contributed by atoms with E-state index in [0.29, 0.717) is 24.8 Å². The largest absolute Gasteiger partial charge is 0.474 e. The van der Waals surface area contributed by atoms with Gasteiger partial charge in [-0.05, 0) is 12.1 Å². The van der Waals surface area contributed by atoms with Crippen LogP contribution in [0, 0.1) is 0 Å². The Morgan fingerprint density at radius 1 is 1.10 bits per heavy atom. The molecule has 0 bridgehead atoms. The van der Waals surface area contributed by atoms with Gasteiger partial charge in [0.25, 0.3) is 0 Å². The maximum absolute atomic E-state index is 5.98. The number of nitrogens with zero attached hydrogens (tertiary/aromatic N) is 4. The first-order valence-corrected chi connectivity index (χ1v) is 10.7. The molecule has 2 N–H and O–H groups in total. The van der Waals surface area contributed by atoms with Gasteiger partial charge >= 0.3 is 0 Å². The first-order valence-electron chi connectivity index (χ1n) is 10.7. The molecule has 2 aliphatic heterocycles. The Balaban J connectivity index is 1.36. The second-order valence-electron chi connectivity index (χ2n) is 7.67. The highest BCUT2D eigenvalue weighted by Gasteiger charge is 2.17. The Bertz CT molecular complexity index is 1000. The van der Waals surface area contributed by atoms with Crippen LogP contribution in [0.25, 0.3) is 22.3 Å². The van der Waals surface area contributed by atoms with Crippen LogP contribution in [-0.2, 0) is 9.47 Å². The van der Waals surface area contributed by atoms with E-state index in [9.17, 15) is 0 Å². The number of nitrogens with one attached hydrogen (secondary N) is 2. The molecule has 9 heteroatoms. The van der Waals surface area contributed by atoms with E-state index in [0.717, 1.165) is 61.4 Å². The topological polar surface area (TPSA) is 103 Å². The minimum absolute atomic E-state index is 0.0919. The number of morpholine rings is 1. The fourth-order valence-electron chi connectivity index (χ4n) is 3.77. The number of aromatic nitrogens is 4. The first kappa shape index (κ1) is 20.0. The predicted octanol–water partition coefficient (Wildman–Crippen LogP) is 2.04. The smallest absolute Gasteiger partial charge is 0.213 e. The number of fused-ring (bicyclic) bond motifs is 1. The molecule has 2 aliphatic rings. The first-order chi connectivity index (χ1) is 15.3. The van der Waals surface area contributed by atoms with Crippen LogP contribution in [-0.4, -0.2) is 71.6 Å². The Morgan fingerprint density at radius 3 is 2.81 bits per heavy atom. The average Bonchev–Trinajstić information content (AvgIpc) is 2.84. The summed E-state index contributed by atoms with van der Waals surface area (Å²) in [5.41, 5.74) is 3.19. The summed E-state index contributed by atoms with van der Waals surface area (Å²) in [6.45, 7) is 4.54. The van der Waals surface area contributed by atoms with Gasteiger partial charge in [-0.3, -0.25) is 4.98 Å². The maximum Gasteiger partial charge on any atom is 0.213 e. The van der Waals surface area contributed by atoms with Gasteiger partial charge in [0, 0.05) is 62.7 Å². The average molecular weight is 422 g/mol. The zero-order valence-electron chi connectivity index (χ0n) is 17.3. The second kappa shape index (κ2) is 9.51. The van der Waals surface area contributed by atoms with Gasteiger partial charge < -0.3 is 24.8 Å². The van der Waals surface area contributed by atoms with Gasteiger partial charge in [-0.2, -0.15) is 0 Å². The molecule has 3 aromatic heterocycles. The number of rotatable bonds is 6. The molecule has 0 radical (unpaired) electrons. The Hall–Kier alpha value is -2.88. The molecule has 31 heavy (non-hydrogen) atoms. The Morgan fingerprint density at radius 2 is 2.00 bits per heavy atom. The Labute approximate surface area is 180 Å². The summed E-state index contributed by atoms with van der Waals surface area (Å²) in [5.74, 6) is 1.31. The number of anilines is 1. The van der Waals surface area contributed by atoms with Crippen LogP contribution in [0.3, 0.4) is 0 Å². The van der Waals surface area contributed by atoms with Crippen molar-refractivity contribution in [2.75, 3.05) is 44.8 Å². The molecular weight excluding hydrogens is 396 g/mol. The molecule has 0 aliphatic carbocycles. The number of ether oxygens (including phenoxy) is 3. The van der Waals surface area contributed by atoms with Gasteiger partial charge in [0.1, 0.15) is 11.6 Å². The van der Waals surface area contributed by atoms with Gasteiger partial charge in [0.2, 0.25) is 5.88 Å². The highest BCUT2D eigenvalue weighted by atomic mass is 16.5. The normalized spacial score (nSPS) is 19.9. The molecule has 1 unspecified atom stereocenters. The molecule has 5 rings (SSSR count). The molecule has 0 spiro atoms. The lowest BCUT2D eigenvalue weighted by Gasteiger charge is -2.24. The van der Waals surface area contributed by atoms with Crippen molar-refractivity contribution in [2.45, 2.75) is 25.0 Å². The van der Waals surface area contributed by atoms with E-state index < -0.39 is 0 Å². The van der Waals surface area contributed by atoms with E-state index in [1.165, 1.54) is 0 Å². The molecular formula is C22H26N6O3. The lowest BCUT2D eigenvalue weighted by molar-refractivity contribution is 0.0237. The molecule has 9 nitrogen and oxygen atoms in total. The van der Waals surface area contributed by atoms with E-state index in [2.05, 4.69) is 25.6 Å². The van der Waals surface area contributed by atoms with Crippen LogP contribution in [0.1, 0.15) is 12.8 Å². The molecule has 2 saturated heterocycles. The zero-order chi connectivity index (χ0) is 20.9. The summed E-state index contributed by atoms with van der Waals surface area (Å²) in [6.07, 6.45) is 7.19. The van der Waals surface area contributed by atoms with Crippen molar-refractivity contribution in [3.8, 4) is 17.1 Å². The monoisotopic (exact) mass is 422 g/mol. The number of pyridine rings is 2. The lowest BCUT2D eigenvalue weighted by atomic mass is 10.1. The summed E-state index contributed by atoms with van der Waals surface area (Å²) < 4.78 is 17.1. The summed E-state index contributed by atoms with van der Waals surface area (Å²) in [7, 11) is 0. The van der Waals surface area contributed by atoms with Crippen molar-refractivity contribution in [3.63, 3.8) is 0 Å². The van der Waals surface area contributed by atoms with Crippen LogP contribution < -0.4 is 15.4 Å². The Kier molecular flexibility index (Phi) is 6.15. The van der Waals surface area contributed by atoms with Gasteiger partial charge in [0.05, 0.1) is 37.1 Å². The predicted molar refractivity (Wildman–Crippen MR) is 116 cm³/mol. The van der Waals surface area contributed by atoms with Gasteiger partial charge in [-0.15, -0.1) is 0 Å². The molecule has 2 fully saturated rings. The number of hydrogen-bond donors (Lipinski definition) is 2. The summed E-state index contributed by atoms with van der Waals surface area (Å²) in [4.78, 5) is 18.2. The van der Waals surface area contributed by atoms with Crippen molar-refractivity contribution in [1.82, 2.24) is 25.3 Å². The highest BCUT2D eigenvalue weighted by molar-refractivity contribution is 5.88. The van der Waals surface area contributed by atoms with E-state index in [1.807, 2.05) is 18.2 Å². The third kappa shape index (κ3) is 4.90. The minimum Gasteiger partial charge on any atom is -0.474 e. The molecule has 0 saturated carbocycles. The fourth-order valence-corrected chi connectivity index (χ4v) is 3.77. The highest BCUT2D eigenvalue weighted by Crippen LogP contribution is 2.26. The van der Waals surface area contributed by atoms with Crippen LogP contribution in [0.15, 0.2) is 36.8 Å². The molecule has 3 aromatic rings. The van der Waals surface area contributed by atoms with Crippen molar-refractivity contribution in [1.29, 1.82) is 0 Å². The molecule has 0 aromatic carbocycles. The standard InChI is InChI=1S/C22H26N6O3/c1-2-20(31-16-3-8-29-9-4-16)26-12-15(1)18-11-19-21(25-6-5-24-19)22(28-18)27-14-17-13-23-7-10-30-17/h1-2,5-6,11-12,16-17,23H,3-4,7-10,13-14H2,(H,27,28). The molecule has 5 heterocycles. The van der Waals surface area contributed by atoms with E-state index >= 15 is 0 Å². The quantitative estimate of drug-likeness (QED) is 0.618. The third-order valence-electron chi connectivity index (χ3n) is 5.45. The van der Waals surface area contributed by atoms with Crippen LogP contribution >= 0.6 is 0 Å². The maximum atomic E-state index is 5.98. The molecule has 1 atom stereocenters. The van der Waals surface area contributed by atoms with Crippen LogP contribution in [0.4, 0.5) is 5.82 Å². The molecule has 0 amide bonds. The summed E-state index contributed by atoms with van der Waals surface area (Å²) in [6, 6.07) is 5.80. The lowest BCUT2D eigenvalue weighted by Crippen LogP contribution is -2.42. The number of hydrogen-bond acceptors (Lipinski definition) is 9. The van der Waals surface area contributed by atoms with E-state index in [-0.39, 0.29) is 12.2 Å². The van der Waals surface area contributed by atoms with Crippen molar-refractivity contribution in [3.05, 3.63) is 36.8 Å².